The number of aromatic nitrogens is 3. The molecule has 3 aromatic rings. The van der Waals surface area contributed by atoms with Crippen molar-refractivity contribution in [3.63, 3.8) is 0 Å². The number of carbonyl (C=O) groups excluding carboxylic acids is 4. The number of imidazole rings is 1. The number of amides is 4. The molecule has 4 heterocycles. The van der Waals surface area contributed by atoms with Crippen molar-refractivity contribution in [1.82, 2.24) is 34.8 Å². The molecule has 1 saturated heterocycles. The third-order valence-electron chi connectivity index (χ3n) is 11.3. The lowest BCUT2D eigenvalue weighted by Gasteiger charge is -2.30. The zero-order chi connectivity index (χ0) is 40.9. The molecule has 308 valence electrons. The second kappa shape index (κ2) is 15.3. The molecule has 3 N–H and O–H groups in total. The maximum atomic E-state index is 14.6. The van der Waals surface area contributed by atoms with Crippen molar-refractivity contribution < 1.29 is 37.1 Å². The summed E-state index contributed by atoms with van der Waals surface area (Å²) in [5, 5.41) is 8.39. The van der Waals surface area contributed by atoms with Crippen molar-refractivity contribution in [2.75, 3.05) is 6.54 Å². The van der Waals surface area contributed by atoms with Crippen LogP contribution in [0.4, 0.5) is 4.79 Å². The van der Waals surface area contributed by atoms with Gasteiger partial charge in [0.1, 0.15) is 39.9 Å². The molecule has 0 radical (unpaired) electrons. The van der Waals surface area contributed by atoms with Gasteiger partial charge in [-0.3, -0.25) is 23.7 Å². The smallest absolute Gasteiger partial charge is 0.408 e. The summed E-state index contributed by atoms with van der Waals surface area (Å²) in [5.41, 5.74) is 0.0642. The fourth-order valence-corrected chi connectivity index (χ4v) is 9.73. The highest BCUT2D eigenvalue weighted by Crippen LogP contribution is 2.47. The molecule has 0 bridgehead atoms. The number of sulfonamides is 1. The van der Waals surface area contributed by atoms with Crippen LogP contribution in [0.5, 0.6) is 6.01 Å². The van der Waals surface area contributed by atoms with Crippen molar-refractivity contribution in [1.29, 1.82) is 0 Å². The summed E-state index contributed by atoms with van der Waals surface area (Å²) in [6.45, 7) is 10.8. The SMILES string of the molecule is CC(C)n1c(O[C@@H]2C[C@H]3C(=O)N[C@]4(C(=O)NS(=O)(=O)C5(C)CC5)C[C@H]4/C=C\CCCCC[C@H](NC(=O)OC(C)(C)C)C(=O)N3C2)nc2c(-c3nccs3)cccc21. The van der Waals surface area contributed by atoms with Crippen LogP contribution in [-0.2, 0) is 29.1 Å². The van der Waals surface area contributed by atoms with E-state index < -0.39 is 73.8 Å². The third-order valence-corrected chi connectivity index (χ3v) is 14.3. The molecule has 2 aliphatic carbocycles. The summed E-state index contributed by atoms with van der Waals surface area (Å²) in [5.74, 6) is -2.34. The molecule has 15 nitrogen and oxygen atoms in total. The second-order valence-electron chi connectivity index (χ2n) is 17.3. The van der Waals surface area contributed by atoms with Crippen molar-refractivity contribution in [2.45, 2.75) is 139 Å². The predicted octanol–water partition coefficient (Wildman–Crippen LogP) is 5.38. The Balaban J connectivity index is 1.22. The van der Waals surface area contributed by atoms with E-state index in [9.17, 15) is 27.6 Å². The number of hydrogen-bond donors (Lipinski definition) is 3. The van der Waals surface area contributed by atoms with Gasteiger partial charge in [-0.2, -0.15) is 4.98 Å². The van der Waals surface area contributed by atoms with E-state index >= 15 is 0 Å². The minimum absolute atomic E-state index is 0.0146. The molecule has 17 heteroatoms. The van der Waals surface area contributed by atoms with Crippen LogP contribution in [0.1, 0.15) is 105 Å². The maximum Gasteiger partial charge on any atom is 0.408 e. The van der Waals surface area contributed by atoms with E-state index in [1.807, 2.05) is 54.1 Å². The molecule has 57 heavy (non-hydrogen) atoms. The topological polar surface area (TPSA) is 191 Å². The quantitative estimate of drug-likeness (QED) is 0.249. The molecule has 4 amide bonds. The Morgan fingerprint density at radius 1 is 1.12 bits per heavy atom. The third kappa shape index (κ3) is 8.41. The number of para-hydroxylation sites is 1. The van der Waals surface area contributed by atoms with Gasteiger partial charge in [-0.25, -0.2) is 18.2 Å². The number of nitrogens with zero attached hydrogens (tertiary/aromatic N) is 4. The highest BCUT2D eigenvalue weighted by atomic mass is 32.2. The number of alkyl carbamates (subject to hydrolysis) is 1. The Kier molecular flexibility index (Phi) is 11.0. The minimum Gasteiger partial charge on any atom is -0.459 e. The lowest BCUT2D eigenvalue weighted by molar-refractivity contribution is -0.141. The zero-order valence-electron chi connectivity index (χ0n) is 33.4. The summed E-state index contributed by atoms with van der Waals surface area (Å²) in [7, 11) is -4.00. The van der Waals surface area contributed by atoms with E-state index in [4.69, 9.17) is 14.5 Å². The van der Waals surface area contributed by atoms with Crippen molar-refractivity contribution in [3.8, 4) is 16.6 Å². The molecule has 0 spiro atoms. The highest BCUT2D eigenvalue weighted by Gasteiger charge is 2.63. The predicted molar refractivity (Wildman–Crippen MR) is 215 cm³/mol. The van der Waals surface area contributed by atoms with Gasteiger partial charge < -0.3 is 25.0 Å². The minimum atomic E-state index is -4.00. The number of ether oxygens (including phenoxy) is 2. The molecule has 1 aromatic carbocycles. The van der Waals surface area contributed by atoms with Crippen molar-refractivity contribution in [3.05, 3.63) is 41.9 Å². The van der Waals surface area contributed by atoms with Crippen LogP contribution >= 0.6 is 11.3 Å². The largest absolute Gasteiger partial charge is 0.459 e. The maximum absolute atomic E-state index is 14.6. The number of fused-ring (bicyclic) bond motifs is 3. The molecule has 2 saturated carbocycles. The van der Waals surface area contributed by atoms with Gasteiger partial charge in [0.25, 0.3) is 11.9 Å². The number of nitrogens with one attached hydrogen (secondary N) is 3. The zero-order valence-corrected chi connectivity index (χ0v) is 35.0. The average molecular weight is 824 g/mol. The summed E-state index contributed by atoms with van der Waals surface area (Å²) in [4.78, 5) is 67.0. The first-order chi connectivity index (χ1) is 26.9. The standard InChI is InChI=1S/C40H53N7O8S2/c1-24(2)47-29-16-12-14-27(33-41-19-20-56-33)31(29)43-36(47)54-26-21-30-32(48)44-40(35(50)45-57(52,53)39(6)17-18-39)22-25(40)13-10-8-7-9-11-15-28(34(49)46(30)23-26)42-37(51)55-38(3,4)5/h10,12-14,16,19-20,24-26,28,30H,7-9,11,15,17-18,21-23H2,1-6H3,(H,42,51)(H,44,48)(H,45,50)/b13-10-/t25-,26-,28+,30+,40-/m1/s1. The van der Waals surface area contributed by atoms with Crippen LogP contribution in [0, 0.1) is 5.92 Å². The molecule has 0 unspecified atom stereocenters. The van der Waals surface area contributed by atoms with Gasteiger partial charge in [-0.15, -0.1) is 11.3 Å². The first-order valence-electron chi connectivity index (χ1n) is 19.8. The van der Waals surface area contributed by atoms with Gasteiger partial charge in [0.15, 0.2) is 0 Å². The number of carbonyl (C=O) groups is 4. The fraction of sp³-hybridized carbons (Fsp3) is 0.600. The van der Waals surface area contributed by atoms with E-state index in [2.05, 4.69) is 20.3 Å². The normalized spacial score (nSPS) is 27.0. The number of benzene rings is 1. The summed E-state index contributed by atoms with van der Waals surface area (Å²) in [6, 6.07) is 3.98. The Morgan fingerprint density at radius 3 is 2.58 bits per heavy atom. The molecule has 2 aliphatic heterocycles. The summed E-state index contributed by atoms with van der Waals surface area (Å²) < 4.78 is 41.8. The van der Waals surface area contributed by atoms with Crippen molar-refractivity contribution >= 4 is 56.2 Å². The monoisotopic (exact) mass is 823 g/mol. The first-order valence-corrected chi connectivity index (χ1v) is 22.2. The Morgan fingerprint density at radius 2 is 1.89 bits per heavy atom. The molecular formula is C40H53N7O8S2. The van der Waals surface area contributed by atoms with Crippen LogP contribution < -0.4 is 20.1 Å². The Bertz CT molecular complexity index is 2170. The summed E-state index contributed by atoms with van der Waals surface area (Å²) in [6.07, 6.45) is 8.41. The van der Waals surface area contributed by atoms with Crippen LogP contribution in [-0.4, -0.2) is 92.3 Å². The van der Waals surface area contributed by atoms with E-state index in [0.29, 0.717) is 43.6 Å². The van der Waals surface area contributed by atoms with Crippen LogP contribution in [0.3, 0.4) is 0 Å². The first kappa shape index (κ1) is 40.7. The molecular weight excluding hydrogens is 771 g/mol. The Hall–Kier alpha value is -4.51. The van der Waals surface area contributed by atoms with Gasteiger partial charge in [-0.05, 0) is 92.2 Å². The Labute approximate surface area is 337 Å². The lowest BCUT2D eigenvalue weighted by atomic mass is 10.0. The molecule has 5 atom stereocenters. The van der Waals surface area contributed by atoms with Crippen LogP contribution in [0.25, 0.3) is 21.6 Å². The number of rotatable bonds is 8. The molecule has 3 fully saturated rings. The average Bonchev–Trinajstić information content (AvgIpc) is 3.77. The van der Waals surface area contributed by atoms with Crippen LogP contribution in [0.15, 0.2) is 41.9 Å². The second-order valence-corrected chi connectivity index (χ2v) is 20.4. The van der Waals surface area contributed by atoms with Crippen LogP contribution in [0.2, 0.25) is 0 Å². The van der Waals surface area contributed by atoms with Gasteiger partial charge in [-0.1, -0.05) is 31.1 Å². The van der Waals surface area contributed by atoms with Crippen molar-refractivity contribution in [2.24, 2.45) is 5.92 Å². The highest BCUT2D eigenvalue weighted by molar-refractivity contribution is 7.91. The van der Waals surface area contributed by atoms with Gasteiger partial charge >= 0.3 is 6.09 Å². The number of thiazole rings is 1. The molecule has 4 aliphatic rings. The number of hydrogen-bond acceptors (Lipinski definition) is 11. The van der Waals surface area contributed by atoms with E-state index in [-0.39, 0.29) is 25.4 Å². The van der Waals surface area contributed by atoms with Gasteiger partial charge in [0.05, 0.1) is 16.8 Å². The lowest BCUT2D eigenvalue weighted by Crippen LogP contribution is -2.58. The van der Waals surface area contributed by atoms with Gasteiger partial charge in [0, 0.05) is 35.5 Å². The fourth-order valence-electron chi connectivity index (χ4n) is 7.75. The van der Waals surface area contributed by atoms with E-state index in [0.717, 1.165) is 28.9 Å². The van der Waals surface area contributed by atoms with E-state index in [1.54, 1.807) is 33.9 Å². The van der Waals surface area contributed by atoms with Gasteiger partial charge in [0.2, 0.25) is 21.8 Å². The summed E-state index contributed by atoms with van der Waals surface area (Å²) >= 11 is 1.50. The molecule has 2 aromatic heterocycles. The van der Waals surface area contributed by atoms with E-state index in [1.165, 1.54) is 16.2 Å². The number of allylic oxidation sites excluding steroid dienone is 1. The molecule has 7 rings (SSSR count).